The number of hydrogen-bond acceptors (Lipinski definition) is 7. The molecule has 3 aromatic carbocycles. The van der Waals surface area contributed by atoms with E-state index in [0.717, 1.165) is 0 Å². The lowest BCUT2D eigenvalue weighted by molar-refractivity contribution is 0.0371. The number of hydrogen-bond donors (Lipinski definition) is 3. The second kappa shape index (κ2) is 13.3. The number of methoxy groups -OCH3 is 1. The molecule has 0 unspecified atom stereocenters. The fourth-order valence-electron chi connectivity index (χ4n) is 4.58. The number of likely N-dealkylation sites (N-methyl/N-ethyl adjacent to an activating group) is 1. The van der Waals surface area contributed by atoms with Gasteiger partial charge in [-0.15, -0.1) is 0 Å². The van der Waals surface area contributed by atoms with Crippen LogP contribution in [0, 0.1) is 11.7 Å². The summed E-state index contributed by atoms with van der Waals surface area (Å²) in [5.41, 5.74) is 0.669. The third-order valence-electron chi connectivity index (χ3n) is 7.18. The van der Waals surface area contributed by atoms with Crippen LogP contribution in [0.25, 0.3) is 0 Å². The quantitative estimate of drug-likeness (QED) is 0.331. The van der Waals surface area contributed by atoms with Crippen molar-refractivity contribution >= 4 is 33.3 Å². The Kier molecular flexibility index (Phi) is 9.77. The molecule has 1 heterocycles. The molecule has 3 amide bonds. The Bertz CT molecular complexity index is 1550. The lowest BCUT2D eigenvalue weighted by atomic mass is 9.99. The first-order chi connectivity index (χ1) is 20.4. The van der Waals surface area contributed by atoms with Crippen LogP contribution >= 0.6 is 0 Å². The summed E-state index contributed by atoms with van der Waals surface area (Å²) in [6, 6.07) is 14.7. The van der Waals surface area contributed by atoms with E-state index < -0.39 is 39.9 Å². The highest BCUT2D eigenvalue weighted by Crippen LogP contribution is 2.31. The first kappa shape index (κ1) is 31.6. The molecule has 1 aliphatic rings. The molecular weight excluding hydrogens is 579 g/mol. The fourth-order valence-corrected chi connectivity index (χ4v) is 5.63. The minimum atomic E-state index is -3.99. The average Bonchev–Trinajstić information content (AvgIpc) is 2.99. The van der Waals surface area contributed by atoms with Crippen molar-refractivity contribution in [2.24, 2.45) is 5.92 Å². The number of carbonyl (C=O) groups is 2. The number of ether oxygens (including phenoxy) is 2. The number of rotatable bonds is 9. The molecule has 3 aromatic rings. The van der Waals surface area contributed by atoms with Crippen molar-refractivity contribution in [3.8, 4) is 11.5 Å². The monoisotopic (exact) mass is 614 g/mol. The van der Waals surface area contributed by atoms with Gasteiger partial charge in [0.2, 0.25) is 0 Å². The van der Waals surface area contributed by atoms with Crippen molar-refractivity contribution in [1.82, 2.24) is 9.80 Å². The van der Waals surface area contributed by atoms with Gasteiger partial charge in [-0.3, -0.25) is 9.52 Å². The van der Waals surface area contributed by atoms with Gasteiger partial charge < -0.3 is 29.7 Å². The predicted molar refractivity (Wildman–Crippen MR) is 159 cm³/mol. The zero-order valence-corrected chi connectivity index (χ0v) is 25.1. The summed E-state index contributed by atoms with van der Waals surface area (Å²) in [6.07, 6.45) is -0.578. The molecule has 0 spiro atoms. The van der Waals surface area contributed by atoms with Gasteiger partial charge in [-0.05, 0) is 73.7 Å². The van der Waals surface area contributed by atoms with E-state index in [1.807, 2.05) is 6.92 Å². The number of aliphatic hydroxyl groups excluding tert-OH is 1. The highest BCUT2D eigenvalue weighted by molar-refractivity contribution is 7.92. The second-order valence-corrected chi connectivity index (χ2v) is 12.1. The molecule has 1 aliphatic heterocycles. The van der Waals surface area contributed by atoms with E-state index >= 15 is 0 Å². The van der Waals surface area contributed by atoms with Crippen molar-refractivity contribution in [2.45, 2.75) is 30.9 Å². The maximum Gasteiger partial charge on any atom is 0.321 e. The van der Waals surface area contributed by atoms with E-state index in [9.17, 15) is 27.5 Å². The van der Waals surface area contributed by atoms with Crippen LogP contribution in [0.5, 0.6) is 11.5 Å². The number of carbonyl (C=O) groups excluding carboxylic acids is 2. The van der Waals surface area contributed by atoms with Crippen LogP contribution in [0.2, 0.25) is 0 Å². The molecule has 4 rings (SSSR count). The lowest BCUT2D eigenvalue weighted by Gasteiger charge is -2.38. The van der Waals surface area contributed by atoms with Crippen molar-refractivity contribution in [2.75, 3.05) is 43.9 Å². The Morgan fingerprint density at radius 2 is 1.79 bits per heavy atom. The molecule has 0 saturated carbocycles. The van der Waals surface area contributed by atoms with E-state index in [4.69, 9.17) is 9.47 Å². The molecule has 0 bridgehead atoms. The number of urea groups is 1. The molecule has 0 aromatic heterocycles. The Morgan fingerprint density at radius 3 is 2.42 bits per heavy atom. The SMILES string of the molecule is COc1ccc(S(=O)(=O)Nc2ccc3c(c2)C(=O)N([C@H](C)CO)C[C@@H](C)[C@H](CN(C)C(=O)Nc2ccc(F)cc2)O3)cc1. The molecule has 13 heteroatoms. The number of amides is 3. The van der Waals surface area contributed by atoms with E-state index in [1.54, 1.807) is 14.0 Å². The number of benzene rings is 3. The zero-order chi connectivity index (χ0) is 31.3. The summed E-state index contributed by atoms with van der Waals surface area (Å²) in [5, 5.41) is 12.6. The van der Waals surface area contributed by atoms with Crippen LogP contribution < -0.4 is 19.5 Å². The summed E-state index contributed by atoms with van der Waals surface area (Å²) in [6.45, 7) is 3.64. The molecule has 0 radical (unpaired) electrons. The van der Waals surface area contributed by atoms with E-state index in [-0.39, 0.29) is 47.5 Å². The number of nitrogens with zero attached hydrogens (tertiary/aromatic N) is 2. The lowest BCUT2D eigenvalue weighted by Crippen LogP contribution is -2.50. The molecular formula is C30H35FN4O7S. The zero-order valence-electron chi connectivity index (χ0n) is 24.3. The fraction of sp³-hybridized carbons (Fsp3) is 0.333. The normalized spacial score (nSPS) is 17.5. The van der Waals surface area contributed by atoms with Crippen LogP contribution in [-0.4, -0.2) is 81.3 Å². The standard InChI is InChI=1S/C30H35FN4O7S/c1-19-16-35(20(2)18-36)29(37)26-15-23(33-43(39,40)25-12-10-24(41-4)11-13-25)9-14-27(26)42-28(19)17-34(3)30(38)32-22-7-5-21(31)6-8-22/h5-15,19-20,28,33,36H,16-18H2,1-4H3,(H,32,38)/t19-,20-,28+/m1/s1. The Labute approximate surface area is 250 Å². The molecule has 230 valence electrons. The van der Waals surface area contributed by atoms with Crippen LogP contribution in [0.4, 0.5) is 20.6 Å². The van der Waals surface area contributed by atoms with Gasteiger partial charge in [0, 0.05) is 30.9 Å². The smallest absolute Gasteiger partial charge is 0.321 e. The Morgan fingerprint density at radius 1 is 1.14 bits per heavy atom. The highest BCUT2D eigenvalue weighted by Gasteiger charge is 2.34. The van der Waals surface area contributed by atoms with Crippen molar-refractivity contribution < 1.29 is 37.0 Å². The van der Waals surface area contributed by atoms with Crippen LogP contribution in [0.1, 0.15) is 24.2 Å². The maximum absolute atomic E-state index is 13.7. The minimum Gasteiger partial charge on any atom is -0.497 e. The van der Waals surface area contributed by atoms with E-state index in [0.29, 0.717) is 11.4 Å². The first-order valence-corrected chi connectivity index (χ1v) is 15.1. The van der Waals surface area contributed by atoms with Gasteiger partial charge >= 0.3 is 6.03 Å². The minimum absolute atomic E-state index is 0.00832. The summed E-state index contributed by atoms with van der Waals surface area (Å²) in [7, 11) is -0.923. The van der Waals surface area contributed by atoms with Crippen molar-refractivity contribution in [1.29, 1.82) is 0 Å². The number of sulfonamides is 1. The van der Waals surface area contributed by atoms with E-state index in [1.165, 1.54) is 83.6 Å². The van der Waals surface area contributed by atoms with Gasteiger partial charge in [-0.1, -0.05) is 6.92 Å². The number of aliphatic hydroxyl groups is 1. The summed E-state index contributed by atoms with van der Waals surface area (Å²) in [5.74, 6) is -0.412. The summed E-state index contributed by atoms with van der Waals surface area (Å²) < 4.78 is 53.2. The topological polar surface area (TPSA) is 138 Å². The number of fused-ring (bicyclic) bond motifs is 1. The average molecular weight is 615 g/mol. The molecule has 0 aliphatic carbocycles. The molecule has 11 nitrogen and oxygen atoms in total. The van der Waals surface area contributed by atoms with Gasteiger partial charge in [-0.25, -0.2) is 17.6 Å². The van der Waals surface area contributed by atoms with Gasteiger partial charge in [0.05, 0.1) is 36.8 Å². The number of nitrogens with one attached hydrogen (secondary N) is 2. The first-order valence-electron chi connectivity index (χ1n) is 13.6. The van der Waals surface area contributed by atoms with Crippen LogP contribution in [-0.2, 0) is 10.0 Å². The molecule has 43 heavy (non-hydrogen) atoms. The third-order valence-corrected chi connectivity index (χ3v) is 8.58. The third kappa shape index (κ3) is 7.54. The number of halogens is 1. The molecule has 0 fully saturated rings. The molecule has 3 atom stereocenters. The van der Waals surface area contributed by atoms with Crippen LogP contribution in [0.3, 0.4) is 0 Å². The van der Waals surface area contributed by atoms with E-state index in [2.05, 4.69) is 10.0 Å². The van der Waals surface area contributed by atoms with Crippen molar-refractivity contribution in [3.63, 3.8) is 0 Å². The maximum atomic E-state index is 13.7. The second-order valence-electron chi connectivity index (χ2n) is 10.4. The van der Waals surface area contributed by atoms with Gasteiger partial charge in [0.25, 0.3) is 15.9 Å². The van der Waals surface area contributed by atoms with Crippen LogP contribution in [0.15, 0.2) is 71.6 Å². The number of anilines is 2. The Hall–Kier alpha value is -4.36. The van der Waals surface area contributed by atoms with Gasteiger partial charge in [0.15, 0.2) is 0 Å². The largest absolute Gasteiger partial charge is 0.497 e. The summed E-state index contributed by atoms with van der Waals surface area (Å²) in [4.78, 5) is 29.5. The highest BCUT2D eigenvalue weighted by atomic mass is 32.2. The van der Waals surface area contributed by atoms with Gasteiger partial charge in [-0.2, -0.15) is 0 Å². The molecule has 3 N–H and O–H groups in total. The molecule has 0 saturated heterocycles. The summed E-state index contributed by atoms with van der Waals surface area (Å²) >= 11 is 0. The predicted octanol–water partition coefficient (Wildman–Crippen LogP) is 4.02. The van der Waals surface area contributed by atoms with Crippen molar-refractivity contribution in [3.05, 3.63) is 78.1 Å². The Balaban J connectivity index is 1.60. The van der Waals surface area contributed by atoms with Gasteiger partial charge in [0.1, 0.15) is 23.4 Å².